The number of aromatic nitrogens is 2. The zero-order valence-corrected chi connectivity index (χ0v) is 19.1. The highest BCUT2D eigenvalue weighted by molar-refractivity contribution is 7.89. The second kappa shape index (κ2) is 8.76. The molecule has 4 heterocycles. The van der Waals surface area contributed by atoms with Crippen LogP contribution >= 0.6 is 11.3 Å². The fraction of sp³-hybridized carbons (Fsp3) is 0.409. The summed E-state index contributed by atoms with van der Waals surface area (Å²) in [6, 6.07) is 10.2. The molecule has 32 heavy (non-hydrogen) atoms. The van der Waals surface area contributed by atoms with Crippen molar-refractivity contribution in [2.24, 2.45) is 0 Å². The predicted octanol–water partition coefficient (Wildman–Crippen LogP) is 3.60. The number of rotatable bonds is 5. The lowest BCUT2D eigenvalue weighted by Gasteiger charge is -2.31. The number of nitrogens with zero attached hydrogens (tertiary/aromatic N) is 4. The highest BCUT2D eigenvalue weighted by Crippen LogP contribution is 2.30. The molecule has 168 valence electrons. The minimum atomic E-state index is -3.49. The Balaban J connectivity index is 1.28. The highest BCUT2D eigenvalue weighted by Gasteiger charge is 2.30. The molecule has 1 unspecified atom stereocenters. The number of carbonyl (C=O) groups excluding carboxylic acids is 1. The van der Waals surface area contributed by atoms with Crippen molar-refractivity contribution >= 4 is 27.3 Å². The van der Waals surface area contributed by atoms with Gasteiger partial charge in [-0.25, -0.2) is 8.42 Å². The van der Waals surface area contributed by atoms with Crippen LogP contribution in [0.25, 0.3) is 10.8 Å². The fourth-order valence-electron chi connectivity index (χ4n) is 4.29. The molecule has 0 spiro atoms. The zero-order valence-electron chi connectivity index (χ0n) is 17.5. The largest absolute Gasteiger partial charge is 0.420 e. The molecule has 1 amide bonds. The minimum absolute atomic E-state index is 0.0104. The van der Waals surface area contributed by atoms with Gasteiger partial charge in [0.05, 0.1) is 15.7 Å². The molecule has 1 atom stereocenters. The van der Waals surface area contributed by atoms with E-state index in [0.29, 0.717) is 43.5 Å². The summed E-state index contributed by atoms with van der Waals surface area (Å²) in [6.45, 7) is 2.26. The summed E-state index contributed by atoms with van der Waals surface area (Å²) in [5, 5.41) is 10.3. The first-order chi connectivity index (χ1) is 15.5. The normalized spacial score (nSPS) is 20.0. The summed E-state index contributed by atoms with van der Waals surface area (Å²) in [5.74, 6) is 0.938. The lowest BCUT2D eigenvalue weighted by atomic mass is 9.97. The molecule has 0 N–H and O–H groups in total. The summed E-state index contributed by atoms with van der Waals surface area (Å²) in [4.78, 5) is 16.0. The van der Waals surface area contributed by atoms with E-state index in [1.807, 2.05) is 17.5 Å². The van der Waals surface area contributed by atoms with Gasteiger partial charge < -0.3 is 9.32 Å². The van der Waals surface area contributed by atoms with Crippen LogP contribution in [0.4, 0.5) is 0 Å². The van der Waals surface area contributed by atoms with E-state index < -0.39 is 10.0 Å². The third kappa shape index (κ3) is 4.10. The third-order valence-electron chi connectivity index (χ3n) is 6.03. The van der Waals surface area contributed by atoms with Crippen LogP contribution in [0.3, 0.4) is 0 Å². The van der Waals surface area contributed by atoms with Crippen molar-refractivity contribution in [1.29, 1.82) is 0 Å². The molecule has 0 radical (unpaired) electrons. The van der Waals surface area contributed by atoms with Gasteiger partial charge in [-0.3, -0.25) is 4.79 Å². The van der Waals surface area contributed by atoms with Crippen LogP contribution in [0, 0.1) is 0 Å². The number of likely N-dealkylation sites (tertiary alicyclic amines) is 1. The molecular weight excluding hydrogens is 448 g/mol. The van der Waals surface area contributed by atoms with Gasteiger partial charge in [0.1, 0.15) is 0 Å². The summed E-state index contributed by atoms with van der Waals surface area (Å²) < 4.78 is 32.8. The van der Waals surface area contributed by atoms with E-state index in [-0.39, 0.29) is 16.7 Å². The number of hydrogen-bond acceptors (Lipinski definition) is 7. The first kappa shape index (κ1) is 21.3. The second-order valence-corrected chi connectivity index (χ2v) is 11.0. The van der Waals surface area contributed by atoms with Gasteiger partial charge in [-0.1, -0.05) is 6.07 Å². The van der Waals surface area contributed by atoms with Crippen molar-refractivity contribution in [2.75, 3.05) is 26.2 Å². The molecule has 0 saturated carbocycles. The average molecular weight is 473 g/mol. The molecule has 2 aliphatic rings. The van der Waals surface area contributed by atoms with Gasteiger partial charge in [0, 0.05) is 31.7 Å². The van der Waals surface area contributed by atoms with Crippen LogP contribution < -0.4 is 0 Å². The van der Waals surface area contributed by atoms with E-state index in [1.54, 1.807) is 28.4 Å². The van der Waals surface area contributed by atoms with E-state index in [2.05, 4.69) is 10.2 Å². The minimum Gasteiger partial charge on any atom is -0.420 e. The maximum absolute atomic E-state index is 13.1. The Labute approximate surface area is 190 Å². The number of carbonyl (C=O) groups is 1. The lowest BCUT2D eigenvalue weighted by molar-refractivity contribution is 0.0698. The summed E-state index contributed by atoms with van der Waals surface area (Å²) >= 11 is 1.54. The molecule has 10 heteroatoms. The summed E-state index contributed by atoms with van der Waals surface area (Å²) in [5.41, 5.74) is 0.482. The SMILES string of the molecule is O=C(c1ccc(S(=O)(=O)N2CCCC2)cc1)N1CCCC(c2nnc(-c3cccs3)o2)C1. The van der Waals surface area contributed by atoms with Crippen LogP contribution in [0.2, 0.25) is 0 Å². The molecule has 2 saturated heterocycles. The van der Waals surface area contributed by atoms with Gasteiger partial charge in [-0.2, -0.15) is 4.31 Å². The van der Waals surface area contributed by atoms with Crippen LogP contribution in [0.1, 0.15) is 47.8 Å². The number of piperidine rings is 1. The molecule has 0 bridgehead atoms. The van der Waals surface area contributed by atoms with Gasteiger partial charge in [0.25, 0.3) is 11.8 Å². The summed E-state index contributed by atoms with van der Waals surface area (Å²) in [7, 11) is -3.49. The van der Waals surface area contributed by atoms with E-state index in [1.165, 1.54) is 16.4 Å². The first-order valence-corrected chi connectivity index (χ1v) is 13.1. The molecule has 2 aliphatic heterocycles. The number of benzene rings is 1. The van der Waals surface area contributed by atoms with Crippen LogP contribution in [0.15, 0.2) is 51.1 Å². The van der Waals surface area contributed by atoms with Crippen molar-refractivity contribution in [3.63, 3.8) is 0 Å². The number of sulfonamides is 1. The molecule has 3 aromatic rings. The number of thiophene rings is 1. The molecular formula is C22H24N4O4S2. The third-order valence-corrected chi connectivity index (χ3v) is 8.81. The fourth-order valence-corrected chi connectivity index (χ4v) is 6.45. The van der Waals surface area contributed by atoms with E-state index in [9.17, 15) is 13.2 Å². The molecule has 8 nitrogen and oxygen atoms in total. The van der Waals surface area contributed by atoms with Gasteiger partial charge in [0.2, 0.25) is 15.9 Å². The number of amides is 1. The zero-order chi connectivity index (χ0) is 22.1. The first-order valence-electron chi connectivity index (χ1n) is 10.8. The smallest absolute Gasteiger partial charge is 0.257 e. The number of hydrogen-bond donors (Lipinski definition) is 0. The van der Waals surface area contributed by atoms with Gasteiger partial charge in [0.15, 0.2) is 0 Å². The summed E-state index contributed by atoms with van der Waals surface area (Å²) in [6.07, 6.45) is 3.50. The Bertz CT molecular complexity index is 1180. The van der Waals surface area contributed by atoms with Crippen LogP contribution in [-0.2, 0) is 10.0 Å². The quantitative estimate of drug-likeness (QED) is 0.563. The average Bonchev–Trinajstić information content (AvgIpc) is 3.60. The van der Waals surface area contributed by atoms with Crippen LogP contribution in [-0.4, -0.2) is 59.9 Å². The molecule has 2 aromatic heterocycles. The van der Waals surface area contributed by atoms with Crippen molar-refractivity contribution < 1.29 is 17.6 Å². The van der Waals surface area contributed by atoms with E-state index in [0.717, 1.165) is 30.6 Å². The highest BCUT2D eigenvalue weighted by atomic mass is 32.2. The topological polar surface area (TPSA) is 96.6 Å². The lowest BCUT2D eigenvalue weighted by Crippen LogP contribution is -2.39. The van der Waals surface area contributed by atoms with Crippen molar-refractivity contribution in [1.82, 2.24) is 19.4 Å². The van der Waals surface area contributed by atoms with Crippen molar-refractivity contribution in [3.05, 3.63) is 53.2 Å². The molecule has 2 fully saturated rings. The van der Waals surface area contributed by atoms with E-state index in [4.69, 9.17) is 4.42 Å². The predicted molar refractivity (Wildman–Crippen MR) is 120 cm³/mol. The van der Waals surface area contributed by atoms with Gasteiger partial charge in [-0.15, -0.1) is 21.5 Å². The Morgan fingerprint density at radius 3 is 2.53 bits per heavy atom. The maximum atomic E-state index is 13.1. The molecule has 5 rings (SSSR count). The molecule has 1 aromatic carbocycles. The van der Waals surface area contributed by atoms with Crippen LogP contribution in [0.5, 0.6) is 0 Å². The Morgan fingerprint density at radius 2 is 1.81 bits per heavy atom. The Kier molecular flexibility index (Phi) is 5.83. The second-order valence-electron chi connectivity index (χ2n) is 8.15. The Hall–Kier alpha value is -2.56. The van der Waals surface area contributed by atoms with Crippen molar-refractivity contribution in [2.45, 2.75) is 36.5 Å². The standard InChI is InChI=1S/C22H24N4O4S2/c27-22(16-7-9-18(10-8-16)32(28,29)26-12-1-2-13-26)25-11-3-5-17(15-25)20-23-24-21(30-20)19-6-4-14-31-19/h4,6-10,14,17H,1-3,5,11-13,15H2. The van der Waals surface area contributed by atoms with Gasteiger partial charge >= 0.3 is 0 Å². The Morgan fingerprint density at radius 1 is 1.03 bits per heavy atom. The van der Waals surface area contributed by atoms with Crippen molar-refractivity contribution in [3.8, 4) is 10.8 Å². The van der Waals surface area contributed by atoms with Gasteiger partial charge in [-0.05, 0) is 61.4 Å². The maximum Gasteiger partial charge on any atom is 0.257 e. The monoisotopic (exact) mass is 472 g/mol. The van der Waals surface area contributed by atoms with E-state index >= 15 is 0 Å². The molecule has 0 aliphatic carbocycles.